The van der Waals surface area contributed by atoms with E-state index >= 15 is 0 Å². The minimum atomic E-state index is 0.0942. The highest BCUT2D eigenvalue weighted by Gasteiger charge is 2.32. The summed E-state index contributed by atoms with van der Waals surface area (Å²) in [5, 5.41) is 3.29. The molecule has 1 aliphatic carbocycles. The maximum atomic E-state index is 10.8. The van der Waals surface area contributed by atoms with Crippen LogP contribution in [0.4, 0.5) is 0 Å². The van der Waals surface area contributed by atoms with E-state index in [4.69, 9.17) is 0 Å². The Labute approximate surface area is 111 Å². The molecule has 0 aromatic rings. The fraction of sp³-hybridized carbons (Fsp3) is 0.688. The van der Waals surface area contributed by atoms with Crippen LogP contribution in [-0.2, 0) is 4.79 Å². The Hall–Kier alpha value is -0.890. The van der Waals surface area contributed by atoms with Crippen LogP contribution in [0, 0.1) is 17.8 Å². The standard InChI is InChI=1S/C16H25NO/c1-3-4-5-14(16-7-6-12(16)2)8-13-9-15(11-18)17-10-13/h3-5,11-13,15-17H,6-10H2,1-2H3/b4-3-,14-5-/t12?,13-,15-,16?/m0/s1. The molecule has 4 atom stereocenters. The highest BCUT2D eigenvalue weighted by Crippen LogP contribution is 2.42. The molecule has 1 saturated heterocycles. The van der Waals surface area contributed by atoms with Crippen LogP contribution < -0.4 is 5.32 Å². The Morgan fingerprint density at radius 1 is 1.39 bits per heavy atom. The zero-order valence-corrected chi connectivity index (χ0v) is 11.6. The Bertz CT molecular complexity index is 345. The third kappa shape index (κ3) is 3.11. The van der Waals surface area contributed by atoms with Crippen molar-refractivity contribution in [2.75, 3.05) is 6.54 Å². The third-order valence-electron chi connectivity index (χ3n) is 4.54. The van der Waals surface area contributed by atoms with Gasteiger partial charge in [-0.15, -0.1) is 0 Å². The van der Waals surface area contributed by atoms with Crippen LogP contribution in [0.1, 0.15) is 39.5 Å². The first-order valence-corrected chi connectivity index (χ1v) is 7.25. The molecule has 100 valence electrons. The quantitative estimate of drug-likeness (QED) is 0.597. The van der Waals surface area contributed by atoms with E-state index in [-0.39, 0.29) is 6.04 Å². The van der Waals surface area contributed by atoms with Crippen LogP contribution in [0.5, 0.6) is 0 Å². The van der Waals surface area contributed by atoms with Crippen LogP contribution in [-0.4, -0.2) is 18.9 Å². The summed E-state index contributed by atoms with van der Waals surface area (Å²) in [6, 6.07) is 0.0942. The summed E-state index contributed by atoms with van der Waals surface area (Å²) in [5.74, 6) is 2.28. The molecule has 1 saturated carbocycles. The second-order valence-electron chi connectivity index (χ2n) is 5.89. The van der Waals surface area contributed by atoms with E-state index in [2.05, 4.69) is 37.4 Å². The zero-order chi connectivity index (χ0) is 13.0. The van der Waals surface area contributed by atoms with E-state index in [1.807, 2.05) is 0 Å². The van der Waals surface area contributed by atoms with Crippen molar-refractivity contribution >= 4 is 6.29 Å². The fourth-order valence-electron chi connectivity index (χ4n) is 3.22. The number of nitrogens with one attached hydrogen (secondary N) is 1. The van der Waals surface area contributed by atoms with Crippen LogP contribution in [0.15, 0.2) is 23.8 Å². The lowest BCUT2D eigenvalue weighted by Gasteiger charge is -2.37. The molecule has 2 rings (SSSR count). The smallest absolute Gasteiger partial charge is 0.136 e. The lowest BCUT2D eigenvalue weighted by molar-refractivity contribution is -0.109. The van der Waals surface area contributed by atoms with Gasteiger partial charge in [0.25, 0.3) is 0 Å². The summed E-state index contributed by atoms with van der Waals surface area (Å²) >= 11 is 0. The van der Waals surface area contributed by atoms with Crippen molar-refractivity contribution in [1.82, 2.24) is 5.32 Å². The molecule has 1 N–H and O–H groups in total. The predicted molar refractivity (Wildman–Crippen MR) is 75.4 cm³/mol. The minimum absolute atomic E-state index is 0.0942. The molecule has 2 unspecified atom stereocenters. The fourth-order valence-corrected chi connectivity index (χ4v) is 3.22. The number of hydrogen-bond donors (Lipinski definition) is 1. The molecular formula is C16H25NO. The van der Waals surface area contributed by atoms with Gasteiger partial charge in [0.15, 0.2) is 0 Å². The van der Waals surface area contributed by atoms with Crippen molar-refractivity contribution in [1.29, 1.82) is 0 Å². The van der Waals surface area contributed by atoms with Crippen molar-refractivity contribution in [3.8, 4) is 0 Å². The summed E-state index contributed by atoms with van der Waals surface area (Å²) in [6.07, 6.45) is 12.5. The van der Waals surface area contributed by atoms with Gasteiger partial charge >= 0.3 is 0 Å². The van der Waals surface area contributed by atoms with Gasteiger partial charge in [-0.05, 0) is 56.9 Å². The van der Waals surface area contributed by atoms with Crippen molar-refractivity contribution in [3.05, 3.63) is 23.8 Å². The summed E-state index contributed by atoms with van der Waals surface area (Å²) in [5.41, 5.74) is 1.60. The second-order valence-corrected chi connectivity index (χ2v) is 5.89. The van der Waals surface area contributed by atoms with Crippen molar-refractivity contribution in [2.24, 2.45) is 17.8 Å². The van der Waals surface area contributed by atoms with Gasteiger partial charge in [0.05, 0.1) is 6.04 Å². The SMILES string of the molecule is C/C=C\C=C(\C[C@@H]1CN[C@H](C=O)C1)C1CCC1C. The highest BCUT2D eigenvalue weighted by molar-refractivity contribution is 5.58. The van der Waals surface area contributed by atoms with E-state index < -0.39 is 0 Å². The Morgan fingerprint density at radius 3 is 2.72 bits per heavy atom. The highest BCUT2D eigenvalue weighted by atomic mass is 16.1. The summed E-state index contributed by atoms with van der Waals surface area (Å²) in [7, 11) is 0. The maximum absolute atomic E-state index is 10.8. The first-order valence-electron chi connectivity index (χ1n) is 7.25. The number of carbonyl (C=O) groups excluding carboxylic acids is 1. The van der Waals surface area contributed by atoms with Crippen molar-refractivity contribution in [3.63, 3.8) is 0 Å². The lowest BCUT2D eigenvalue weighted by Crippen LogP contribution is -2.26. The van der Waals surface area contributed by atoms with E-state index in [0.29, 0.717) is 5.92 Å². The van der Waals surface area contributed by atoms with Crippen molar-refractivity contribution < 1.29 is 4.79 Å². The minimum Gasteiger partial charge on any atom is -0.307 e. The van der Waals surface area contributed by atoms with Crippen molar-refractivity contribution in [2.45, 2.75) is 45.6 Å². The van der Waals surface area contributed by atoms with Crippen LogP contribution in [0.25, 0.3) is 0 Å². The van der Waals surface area contributed by atoms with E-state index in [9.17, 15) is 4.79 Å². The Morgan fingerprint density at radius 2 is 2.22 bits per heavy atom. The Kier molecular flexibility index (Phi) is 4.76. The molecule has 0 radical (unpaired) electrons. The molecule has 2 aliphatic rings. The molecule has 2 heteroatoms. The van der Waals surface area contributed by atoms with Crippen LogP contribution >= 0.6 is 0 Å². The van der Waals surface area contributed by atoms with Gasteiger partial charge in [0, 0.05) is 0 Å². The lowest BCUT2D eigenvalue weighted by atomic mass is 9.69. The molecule has 0 aromatic heterocycles. The van der Waals surface area contributed by atoms with Gasteiger partial charge in [-0.2, -0.15) is 0 Å². The summed E-state index contributed by atoms with van der Waals surface area (Å²) in [6.45, 7) is 5.42. The van der Waals surface area contributed by atoms with Gasteiger partial charge in [0.2, 0.25) is 0 Å². The van der Waals surface area contributed by atoms with E-state index in [0.717, 1.165) is 37.5 Å². The number of hydrogen-bond acceptors (Lipinski definition) is 2. The Balaban J connectivity index is 1.95. The molecule has 2 nitrogen and oxygen atoms in total. The zero-order valence-electron chi connectivity index (χ0n) is 11.6. The number of rotatable bonds is 5. The van der Waals surface area contributed by atoms with Gasteiger partial charge in [-0.1, -0.05) is 30.7 Å². The average molecular weight is 247 g/mol. The van der Waals surface area contributed by atoms with E-state index in [1.54, 1.807) is 5.57 Å². The first-order chi connectivity index (χ1) is 8.74. The second kappa shape index (κ2) is 6.33. The molecule has 0 aromatic carbocycles. The van der Waals surface area contributed by atoms with Gasteiger partial charge in [0.1, 0.15) is 6.29 Å². The molecule has 18 heavy (non-hydrogen) atoms. The predicted octanol–water partition coefficient (Wildman–Crippen LogP) is 3.10. The molecule has 2 fully saturated rings. The molecule has 0 spiro atoms. The molecular weight excluding hydrogens is 222 g/mol. The average Bonchev–Trinajstić information content (AvgIpc) is 2.81. The maximum Gasteiger partial charge on any atom is 0.136 e. The topological polar surface area (TPSA) is 29.1 Å². The number of aldehydes is 1. The van der Waals surface area contributed by atoms with Gasteiger partial charge in [-0.25, -0.2) is 0 Å². The molecule has 1 heterocycles. The number of allylic oxidation sites excluding steroid dienone is 4. The number of carbonyl (C=O) groups is 1. The van der Waals surface area contributed by atoms with Crippen LogP contribution in [0.3, 0.4) is 0 Å². The molecule has 0 amide bonds. The monoisotopic (exact) mass is 247 g/mol. The van der Waals surface area contributed by atoms with E-state index in [1.165, 1.54) is 12.8 Å². The van der Waals surface area contributed by atoms with Gasteiger partial charge < -0.3 is 10.1 Å². The molecule has 1 aliphatic heterocycles. The third-order valence-corrected chi connectivity index (χ3v) is 4.54. The molecule has 0 bridgehead atoms. The van der Waals surface area contributed by atoms with Crippen LogP contribution in [0.2, 0.25) is 0 Å². The van der Waals surface area contributed by atoms with Gasteiger partial charge in [-0.3, -0.25) is 0 Å². The summed E-state index contributed by atoms with van der Waals surface area (Å²) < 4.78 is 0. The normalized spacial score (nSPS) is 36.9. The first kappa shape index (κ1) is 13.5. The summed E-state index contributed by atoms with van der Waals surface area (Å²) in [4.78, 5) is 10.8. The largest absolute Gasteiger partial charge is 0.307 e.